The zero-order valence-electron chi connectivity index (χ0n) is 10.6. The summed E-state index contributed by atoms with van der Waals surface area (Å²) in [4.78, 5) is 6.63. The molecule has 0 aliphatic rings. The number of rotatable bonds is 6. The maximum Gasteiger partial charge on any atom is 0.149 e. The van der Waals surface area contributed by atoms with E-state index in [2.05, 4.69) is 29.0 Å². The van der Waals surface area contributed by atoms with Gasteiger partial charge in [0.05, 0.1) is 10.0 Å². The van der Waals surface area contributed by atoms with Gasteiger partial charge in [-0.05, 0) is 19.4 Å². The van der Waals surface area contributed by atoms with Crippen molar-refractivity contribution in [2.24, 2.45) is 0 Å². The van der Waals surface area contributed by atoms with Crippen LogP contribution in [-0.2, 0) is 0 Å². The maximum atomic E-state index is 6.19. The van der Waals surface area contributed by atoms with E-state index in [4.69, 9.17) is 23.2 Å². The van der Waals surface area contributed by atoms with Crippen LogP contribution in [0.15, 0.2) is 6.07 Å². The van der Waals surface area contributed by atoms with Gasteiger partial charge in [0.1, 0.15) is 11.6 Å². The first-order valence-corrected chi connectivity index (χ1v) is 6.68. The highest BCUT2D eigenvalue weighted by molar-refractivity contribution is 6.37. The topological polar surface area (TPSA) is 28.2 Å². The molecule has 0 saturated carbocycles. The molecule has 17 heavy (non-hydrogen) atoms. The van der Waals surface area contributed by atoms with Crippen molar-refractivity contribution in [1.82, 2.24) is 4.98 Å². The first kappa shape index (κ1) is 14.4. The molecule has 1 heterocycles. The van der Waals surface area contributed by atoms with Crippen molar-refractivity contribution in [3.05, 3.63) is 16.1 Å². The van der Waals surface area contributed by atoms with Gasteiger partial charge in [-0.1, -0.05) is 36.5 Å². The first-order chi connectivity index (χ1) is 8.13. The number of hydrogen-bond acceptors (Lipinski definition) is 3. The molecule has 0 radical (unpaired) electrons. The normalized spacial score (nSPS) is 10.4. The van der Waals surface area contributed by atoms with Crippen molar-refractivity contribution in [3.63, 3.8) is 0 Å². The van der Waals surface area contributed by atoms with Crippen LogP contribution in [0.5, 0.6) is 0 Å². The second-order valence-corrected chi connectivity index (χ2v) is 4.62. The van der Waals surface area contributed by atoms with Gasteiger partial charge in [0.25, 0.3) is 0 Å². The van der Waals surface area contributed by atoms with Crippen LogP contribution < -0.4 is 10.2 Å². The highest BCUT2D eigenvalue weighted by Crippen LogP contribution is 2.31. The van der Waals surface area contributed by atoms with Crippen LogP contribution in [0.25, 0.3) is 0 Å². The summed E-state index contributed by atoms with van der Waals surface area (Å²) in [6.07, 6.45) is 2.28. The van der Waals surface area contributed by atoms with E-state index in [-0.39, 0.29) is 0 Å². The number of anilines is 2. The van der Waals surface area contributed by atoms with E-state index >= 15 is 0 Å². The lowest BCUT2D eigenvalue weighted by Gasteiger charge is -2.23. The quantitative estimate of drug-likeness (QED) is 0.849. The molecule has 1 aromatic heterocycles. The summed E-state index contributed by atoms with van der Waals surface area (Å²) >= 11 is 12.2. The summed E-state index contributed by atoms with van der Waals surface area (Å²) in [7, 11) is 1.80. The number of hydrogen-bond donors (Lipinski definition) is 1. The number of pyridine rings is 1. The SMILES string of the molecule is CCCCN(CC)c1nc(NC)c(Cl)cc1Cl. The van der Waals surface area contributed by atoms with Crippen LogP contribution >= 0.6 is 23.2 Å². The van der Waals surface area contributed by atoms with Gasteiger partial charge in [-0.3, -0.25) is 0 Å². The lowest BCUT2D eigenvalue weighted by Crippen LogP contribution is -2.25. The van der Waals surface area contributed by atoms with E-state index in [0.717, 1.165) is 31.7 Å². The molecule has 0 spiro atoms. The third-order valence-corrected chi connectivity index (χ3v) is 3.18. The second kappa shape index (κ2) is 6.92. The molecule has 0 fully saturated rings. The smallest absolute Gasteiger partial charge is 0.149 e. The number of aromatic nitrogens is 1. The Morgan fingerprint density at radius 1 is 1.29 bits per heavy atom. The van der Waals surface area contributed by atoms with Crippen LogP contribution in [0.4, 0.5) is 11.6 Å². The minimum Gasteiger partial charge on any atom is -0.372 e. The molecule has 1 aromatic rings. The van der Waals surface area contributed by atoms with Gasteiger partial charge in [-0.15, -0.1) is 0 Å². The molecule has 96 valence electrons. The molecular weight excluding hydrogens is 257 g/mol. The Labute approximate surface area is 113 Å². The van der Waals surface area contributed by atoms with Crippen molar-refractivity contribution in [1.29, 1.82) is 0 Å². The highest BCUT2D eigenvalue weighted by Gasteiger charge is 2.13. The molecule has 0 aliphatic carbocycles. The fraction of sp³-hybridized carbons (Fsp3) is 0.583. The van der Waals surface area contributed by atoms with E-state index in [1.165, 1.54) is 0 Å². The molecule has 0 aromatic carbocycles. The molecule has 0 atom stereocenters. The van der Waals surface area contributed by atoms with E-state index in [1.807, 2.05) is 0 Å². The number of halogens is 2. The van der Waals surface area contributed by atoms with Crippen LogP contribution in [0.3, 0.4) is 0 Å². The summed E-state index contributed by atoms with van der Waals surface area (Å²) in [6.45, 7) is 6.12. The van der Waals surface area contributed by atoms with Crippen LogP contribution in [0.1, 0.15) is 26.7 Å². The van der Waals surface area contributed by atoms with Crippen molar-refractivity contribution in [2.75, 3.05) is 30.4 Å². The number of nitrogens with zero attached hydrogens (tertiary/aromatic N) is 2. The van der Waals surface area contributed by atoms with Crippen LogP contribution in [0.2, 0.25) is 10.0 Å². The molecule has 0 amide bonds. The summed E-state index contributed by atoms with van der Waals surface area (Å²) < 4.78 is 0. The lowest BCUT2D eigenvalue weighted by molar-refractivity contribution is 0.724. The molecular formula is C12H19Cl2N3. The maximum absolute atomic E-state index is 6.19. The molecule has 1 rings (SSSR count). The Hall–Kier alpha value is -0.670. The third-order valence-electron chi connectivity index (χ3n) is 2.61. The monoisotopic (exact) mass is 275 g/mol. The van der Waals surface area contributed by atoms with Gasteiger partial charge in [0, 0.05) is 20.1 Å². The zero-order chi connectivity index (χ0) is 12.8. The Morgan fingerprint density at radius 2 is 2.00 bits per heavy atom. The third kappa shape index (κ3) is 3.65. The van der Waals surface area contributed by atoms with Gasteiger partial charge in [-0.25, -0.2) is 4.98 Å². The Kier molecular flexibility index (Phi) is 5.86. The van der Waals surface area contributed by atoms with E-state index < -0.39 is 0 Å². The summed E-state index contributed by atoms with van der Waals surface area (Å²) in [5.41, 5.74) is 0. The molecule has 0 bridgehead atoms. The van der Waals surface area contributed by atoms with Crippen molar-refractivity contribution in [3.8, 4) is 0 Å². The predicted octanol–water partition coefficient (Wildman–Crippen LogP) is 4.06. The van der Waals surface area contributed by atoms with Crippen LogP contribution in [0, 0.1) is 0 Å². The summed E-state index contributed by atoms with van der Waals surface area (Å²) in [6, 6.07) is 1.74. The van der Waals surface area contributed by atoms with E-state index in [1.54, 1.807) is 13.1 Å². The largest absolute Gasteiger partial charge is 0.372 e. The second-order valence-electron chi connectivity index (χ2n) is 3.81. The van der Waals surface area contributed by atoms with Gasteiger partial charge in [-0.2, -0.15) is 0 Å². The van der Waals surface area contributed by atoms with Crippen molar-refractivity contribution in [2.45, 2.75) is 26.7 Å². The standard InChI is InChI=1S/C12H19Cl2N3/c1-4-6-7-17(5-2)12-10(14)8-9(13)11(15-3)16-12/h8H,4-7H2,1-3H3,(H,15,16). The molecule has 3 nitrogen and oxygen atoms in total. The van der Waals surface area contributed by atoms with E-state index in [9.17, 15) is 0 Å². The Morgan fingerprint density at radius 3 is 2.53 bits per heavy atom. The van der Waals surface area contributed by atoms with Gasteiger partial charge < -0.3 is 10.2 Å². The van der Waals surface area contributed by atoms with Crippen molar-refractivity contribution < 1.29 is 0 Å². The fourth-order valence-electron chi connectivity index (χ4n) is 1.62. The van der Waals surface area contributed by atoms with Gasteiger partial charge in [0.15, 0.2) is 0 Å². The molecule has 0 aliphatic heterocycles. The Bertz CT molecular complexity index is 369. The molecule has 1 N–H and O–H groups in total. The molecule has 5 heteroatoms. The van der Waals surface area contributed by atoms with Crippen LogP contribution in [-0.4, -0.2) is 25.1 Å². The summed E-state index contributed by atoms with van der Waals surface area (Å²) in [5, 5.41) is 4.12. The van der Waals surface area contributed by atoms with Gasteiger partial charge in [0.2, 0.25) is 0 Å². The van der Waals surface area contributed by atoms with Gasteiger partial charge >= 0.3 is 0 Å². The van der Waals surface area contributed by atoms with E-state index in [0.29, 0.717) is 15.9 Å². The average molecular weight is 276 g/mol. The summed E-state index contributed by atoms with van der Waals surface area (Å²) in [5.74, 6) is 1.47. The average Bonchev–Trinajstić information content (AvgIpc) is 2.32. The minimum absolute atomic E-state index is 0.549. The number of nitrogens with one attached hydrogen (secondary N) is 1. The minimum atomic E-state index is 0.549. The first-order valence-electron chi connectivity index (χ1n) is 5.92. The molecule has 0 unspecified atom stereocenters. The zero-order valence-corrected chi connectivity index (χ0v) is 12.1. The lowest BCUT2D eigenvalue weighted by atomic mass is 10.3. The predicted molar refractivity (Wildman–Crippen MR) is 76.6 cm³/mol. The fourth-order valence-corrected chi connectivity index (χ4v) is 2.19. The highest BCUT2D eigenvalue weighted by atomic mass is 35.5. The van der Waals surface area contributed by atoms with Crippen molar-refractivity contribution >= 4 is 34.8 Å². The number of unbranched alkanes of at least 4 members (excludes halogenated alkanes) is 1. The Balaban J connectivity index is 3.01. The molecule has 0 saturated heterocycles.